The van der Waals surface area contributed by atoms with Gasteiger partial charge >= 0.3 is 5.97 Å². The van der Waals surface area contributed by atoms with Crippen LogP contribution in [0.2, 0.25) is 0 Å². The van der Waals surface area contributed by atoms with Gasteiger partial charge in [-0.15, -0.1) is 0 Å². The zero-order valence-corrected chi connectivity index (χ0v) is 15.8. The Morgan fingerprint density at radius 3 is 2.30 bits per heavy atom. The molecule has 0 amide bonds. The van der Waals surface area contributed by atoms with E-state index in [0.717, 1.165) is 11.1 Å². The van der Waals surface area contributed by atoms with Crippen LogP contribution in [0.5, 0.6) is 0 Å². The molecule has 6 heteroatoms. The monoisotopic (exact) mass is 381 g/mol. The molecule has 0 saturated heterocycles. The van der Waals surface area contributed by atoms with Crippen molar-refractivity contribution in [2.75, 3.05) is 11.8 Å². The van der Waals surface area contributed by atoms with E-state index in [4.69, 9.17) is 0 Å². The van der Waals surface area contributed by atoms with Crippen molar-refractivity contribution in [3.8, 4) is 11.1 Å². The molecule has 0 aliphatic carbocycles. The average molecular weight is 381 g/mol. The second-order valence-electron chi connectivity index (χ2n) is 5.99. The van der Waals surface area contributed by atoms with Crippen molar-refractivity contribution < 1.29 is 17.9 Å². The summed E-state index contributed by atoms with van der Waals surface area (Å²) in [5.41, 5.74) is 2.85. The number of carbonyl (C=O) groups is 1. The number of esters is 1. The average Bonchev–Trinajstić information content (AvgIpc) is 2.68. The van der Waals surface area contributed by atoms with Gasteiger partial charge in [0.2, 0.25) is 0 Å². The Labute approximate surface area is 158 Å². The molecule has 0 spiro atoms. The van der Waals surface area contributed by atoms with Crippen LogP contribution >= 0.6 is 0 Å². The van der Waals surface area contributed by atoms with Crippen LogP contribution in [0.1, 0.15) is 15.9 Å². The third kappa shape index (κ3) is 4.01. The van der Waals surface area contributed by atoms with E-state index in [2.05, 4.69) is 9.46 Å². The van der Waals surface area contributed by atoms with E-state index in [0.29, 0.717) is 11.3 Å². The van der Waals surface area contributed by atoms with E-state index in [1.807, 2.05) is 42.5 Å². The van der Waals surface area contributed by atoms with Crippen LogP contribution in [0.4, 0.5) is 5.69 Å². The molecule has 5 nitrogen and oxygen atoms in total. The lowest BCUT2D eigenvalue weighted by molar-refractivity contribution is 0.0600. The first kappa shape index (κ1) is 18.7. The van der Waals surface area contributed by atoms with Crippen molar-refractivity contribution in [3.05, 3.63) is 83.9 Å². The summed E-state index contributed by atoms with van der Waals surface area (Å²) in [5.74, 6) is -0.587. The minimum Gasteiger partial charge on any atom is -0.465 e. The maximum absolute atomic E-state index is 13.0. The Hall–Kier alpha value is -3.12. The SMILES string of the molecule is COC(=O)c1ccc(C)c(S(=O)(=O)Nc2ccccc2-c2ccccc2)c1. The summed E-state index contributed by atoms with van der Waals surface area (Å²) in [6.45, 7) is 1.68. The lowest BCUT2D eigenvalue weighted by Crippen LogP contribution is -2.16. The third-order valence-electron chi connectivity index (χ3n) is 4.15. The molecule has 0 aliphatic rings. The first-order chi connectivity index (χ1) is 12.9. The number of benzene rings is 3. The molecule has 0 atom stereocenters. The molecule has 0 heterocycles. The predicted molar refractivity (Wildman–Crippen MR) is 105 cm³/mol. The lowest BCUT2D eigenvalue weighted by Gasteiger charge is -2.14. The van der Waals surface area contributed by atoms with Gasteiger partial charge in [-0.25, -0.2) is 13.2 Å². The van der Waals surface area contributed by atoms with E-state index in [-0.39, 0.29) is 10.5 Å². The summed E-state index contributed by atoms with van der Waals surface area (Å²) in [4.78, 5) is 11.8. The van der Waals surface area contributed by atoms with Gasteiger partial charge in [0.25, 0.3) is 10.0 Å². The number of rotatable bonds is 5. The fraction of sp³-hybridized carbons (Fsp3) is 0.0952. The van der Waals surface area contributed by atoms with Crippen LogP contribution in [0, 0.1) is 6.92 Å². The summed E-state index contributed by atoms with van der Waals surface area (Å²) in [6, 6.07) is 21.1. The Bertz CT molecular complexity index is 1080. The Kier molecular flexibility index (Phi) is 5.28. The van der Waals surface area contributed by atoms with Crippen molar-refractivity contribution in [3.63, 3.8) is 0 Å². The number of para-hydroxylation sites is 1. The molecule has 0 saturated carbocycles. The molecule has 0 aromatic heterocycles. The maximum Gasteiger partial charge on any atom is 0.337 e. The van der Waals surface area contributed by atoms with Crippen molar-refractivity contribution in [1.82, 2.24) is 0 Å². The van der Waals surface area contributed by atoms with Crippen molar-refractivity contribution in [2.24, 2.45) is 0 Å². The topological polar surface area (TPSA) is 72.5 Å². The number of ether oxygens (including phenoxy) is 1. The minimum atomic E-state index is -3.90. The van der Waals surface area contributed by atoms with Gasteiger partial charge < -0.3 is 4.74 Å². The number of anilines is 1. The van der Waals surface area contributed by atoms with Crippen molar-refractivity contribution in [1.29, 1.82) is 0 Å². The molecule has 138 valence electrons. The van der Waals surface area contributed by atoms with Gasteiger partial charge in [-0.05, 0) is 36.2 Å². The molecule has 27 heavy (non-hydrogen) atoms. The quantitative estimate of drug-likeness (QED) is 0.671. The van der Waals surface area contributed by atoms with Gasteiger partial charge in [0.05, 0.1) is 23.3 Å². The number of nitrogens with one attached hydrogen (secondary N) is 1. The molecular formula is C21H19NO4S. The summed E-state index contributed by atoms with van der Waals surface area (Å²) < 4.78 is 33.3. The van der Waals surface area contributed by atoms with E-state index >= 15 is 0 Å². The van der Waals surface area contributed by atoms with Gasteiger partial charge in [0.1, 0.15) is 0 Å². The maximum atomic E-state index is 13.0. The van der Waals surface area contributed by atoms with E-state index in [1.165, 1.54) is 19.2 Å². The Morgan fingerprint density at radius 2 is 1.59 bits per heavy atom. The fourth-order valence-electron chi connectivity index (χ4n) is 2.78. The number of methoxy groups -OCH3 is 1. The number of sulfonamides is 1. The van der Waals surface area contributed by atoms with Gasteiger partial charge in [0.15, 0.2) is 0 Å². The molecule has 0 fully saturated rings. The van der Waals surface area contributed by atoms with Crippen LogP contribution in [0.25, 0.3) is 11.1 Å². The zero-order chi connectivity index (χ0) is 19.4. The first-order valence-electron chi connectivity index (χ1n) is 8.28. The zero-order valence-electron chi connectivity index (χ0n) is 15.0. The van der Waals surface area contributed by atoms with Crippen LogP contribution in [0.3, 0.4) is 0 Å². The highest BCUT2D eigenvalue weighted by Gasteiger charge is 2.21. The van der Waals surface area contributed by atoms with Crippen LogP contribution < -0.4 is 4.72 Å². The number of aryl methyl sites for hydroxylation is 1. The Balaban J connectivity index is 2.03. The van der Waals surface area contributed by atoms with Gasteiger partial charge in [0, 0.05) is 5.56 Å². The standard InChI is InChI=1S/C21H19NO4S/c1-15-12-13-17(21(23)26-2)14-20(15)27(24,25)22-19-11-7-6-10-18(19)16-8-4-3-5-9-16/h3-14,22H,1-2H3. The minimum absolute atomic E-state index is 0.0354. The second-order valence-corrected chi connectivity index (χ2v) is 7.64. The van der Waals surface area contributed by atoms with Crippen LogP contribution in [-0.2, 0) is 14.8 Å². The van der Waals surface area contributed by atoms with Crippen molar-refractivity contribution in [2.45, 2.75) is 11.8 Å². The molecule has 0 aliphatic heterocycles. The van der Waals surface area contributed by atoms with Crippen LogP contribution in [-0.4, -0.2) is 21.5 Å². The number of hydrogen-bond donors (Lipinski definition) is 1. The summed E-state index contributed by atoms with van der Waals surface area (Å²) >= 11 is 0. The lowest BCUT2D eigenvalue weighted by atomic mass is 10.0. The van der Waals surface area contributed by atoms with Crippen LogP contribution in [0.15, 0.2) is 77.7 Å². The normalized spacial score (nSPS) is 11.0. The highest BCUT2D eigenvalue weighted by molar-refractivity contribution is 7.92. The van der Waals surface area contributed by atoms with Gasteiger partial charge in [-0.1, -0.05) is 54.6 Å². The molecule has 1 N–H and O–H groups in total. The molecule has 0 bridgehead atoms. The van der Waals surface area contributed by atoms with Crippen molar-refractivity contribution >= 4 is 21.7 Å². The summed E-state index contributed by atoms with van der Waals surface area (Å²) in [6.07, 6.45) is 0. The van der Waals surface area contributed by atoms with E-state index in [9.17, 15) is 13.2 Å². The molecule has 0 radical (unpaired) electrons. The molecule has 3 aromatic rings. The van der Waals surface area contributed by atoms with E-state index in [1.54, 1.807) is 25.1 Å². The highest BCUT2D eigenvalue weighted by Crippen LogP contribution is 2.30. The number of hydrogen-bond acceptors (Lipinski definition) is 4. The molecule has 0 unspecified atom stereocenters. The second kappa shape index (κ2) is 7.63. The number of carbonyl (C=O) groups excluding carboxylic acids is 1. The van der Waals surface area contributed by atoms with Gasteiger partial charge in [-0.2, -0.15) is 0 Å². The van der Waals surface area contributed by atoms with Gasteiger partial charge in [-0.3, -0.25) is 4.72 Å². The molecule has 3 rings (SSSR count). The predicted octanol–water partition coefficient (Wildman–Crippen LogP) is 4.25. The largest absolute Gasteiger partial charge is 0.465 e. The Morgan fingerprint density at radius 1 is 0.926 bits per heavy atom. The fourth-order valence-corrected chi connectivity index (χ4v) is 4.13. The molecular weight excluding hydrogens is 362 g/mol. The molecule has 3 aromatic carbocycles. The third-order valence-corrected chi connectivity index (χ3v) is 5.66. The smallest absolute Gasteiger partial charge is 0.337 e. The summed E-state index contributed by atoms with van der Waals surface area (Å²) in [7, 11) is -2.64. The summed E-state index contributed by atoms with van der Waals surface area (Å²) in [5, 5.41) is 0. The first-order valence-corrected chi connectivity index (χ1v) is 9.77. The highest BCUT2D eigenvalue weighted by atomic mass is 32.2. The van der Waals surface area contributed by atoms with E-state index < -0.39 is 16.0 Å².